The van der Waals surface area contributed by atoms with Gasteiger partial charge in [-0.15, -0.1) is 0 Å². The molecule has 0 aromatic heterocycles. The third-order valence-electron chi connectivity index (χ3n) is 15.3. The molecule has 0 aliphatic heterocycles. The van der Waals surface area contributed by atoms with Crippen molar-refractivity contribution in [3.63, 3.8) is 0 Å². The highest BCUT2D eigenvalue weighted by Gasteiger charge is 2.46. The van der Waals surface area contributed by atoms with Gasteiger partial charge >= 0.3 is 0 Å². The van der Waals surface area contributed by atoms with E-state index in [-0.39, 0.29) is 0 Å². The number of halogens is 3. The van der Waals surface area contributed by atoms with Crippen LogP contribution in [-0.4, -0.2) is 68.6 Å². The lowest BCUT2D eigenvalue weighted by Crippen LogP contribution is -2.55. The monoisotopic (exact) mass is 999 g/mol. The molecular formula is C59H98BCl3N2O3. The van der Waals surface area contributed by atoms with Gasteiger partial charge in [0.05, 0.1) is 65.3 Å². The van der Waals surface area contributed by atoms with E-state index >= 15 is 0 Å². The van der Waals surface area contributed by atoms with Crippen LogP contribution in [0.25, 0.3) is 0 Å². The van der Waals surface area contributed by atoms with Gasteiger partial charge in [-0.2, -0.15) is 0 Å². The molecule has 386 valence electrons. The van der Waals surface area contributed by atoms with E-state index in [2.05, 4.69) is 67.5 Å². The Bertz CT molecular complexity index is 1650. The zero-order valence-electron chi connectivity index (χ0n) is 45.3. The summed E-state index contributed by atoms with van der Waals surface area (Å²) in [5.41, 5.74) is 4.47. The van der Waals surface area contributed by atoms with Crippen molar-refractivity contribution in [2.75, 3.05) is 52.4 Å². The van der Waals surface area contributed by atoms with Crippen LogP contribution >= 0.6 is 34.8 Å². The van der Waals surface area contributed by atoms with Crippen molar-refractivity contribution in [1.82, 2.24) is 0 Å². The molecule has 0 bridgehead atoms. The van der Waals surface area contributed by atoms with Crippen molar-refractivity contribution in [3.8, 4) is 0 Å². The fourth-order valence-electron chi connectivity index (χ4n) is 10.4. The zero-order valence-corrected chi connectivity index (χ0v) is 47.6. The molecule has 3 aromatic carbocycles. The maximum atomic E-state index is 11.7. The highest BCUT2D eigenvalue weighted by Crippen LogP contribution is 2.53. The minimum atomic E-state index is -2.39. The third-order valence-corrected chi connectivity index (χ3v) is 16.5. The van der Waals surface area contributed by atoms with Crippen LogP contribution in [0.5, 0.6) is 0 Å². The SMILES string of the molecule is CCCC[N+](CCCC)(CCCC)CCCC.CCCC[N+](CCCC)(CCCC)CCCC.Cc1ccc(C2(OB([O-])[O-])CCC(c3ccc(C)c(Cl)c3)(c3ccc(C)c(Cl)c3)CC2)cc1Cl. The van der Waals surface area contributed by atoms with E-state index in [9.17, 15) is 10.0 Å². The summed E-state index contributed by atoms with van der Waals surface area (Å²) >= 11 is 19.5. The molecule has 4 rings (SSSR count). The Morgan fingerprint density at radius 1 is 0.426 bits per heavy atom. The molecule has 1 saturated carbocycles. The van der Waals surface area contributed by atoms with Crippen LogP contribution < -0.4 is 10.0 Å². The second-order valence-electron chi connectivity index (χ2n) is 20.7. The molecule has 0 amide bonds. The molecule has 3 aromatic rings. The predicted octanol–water partition coefficient (Wildman–Crippen LogP) is 16.1. The second-order valence-corrected chi connectivity index (χ2v) is 21.9. The largest absolute Gasteiger partial charge is 0.871 e. The van der Waals surface area contributed by atoms with Gasteiger partial charge in [-0.05, 0) is 149 Å². The Balaban J connectivity index is 0.000000395. The lowest BCUT2D eigenvalue weighted by Gasteiger charge is -2.51. The minimum absolute atomic E-state index is 0.392. The van der Waals surface area contributed by atoms with Gasteiger partial charge in [-0.25, -0.2) is 0 Å². The summed E-state index contributed by atoms with van der Waals surface area (Å²) in [7, 11) is -2.39. The number of nitrogens with zero attached hydrogens (tertiary/aromatic N) is 2. The lowest BCUT2D eigenvalue weighted by atomic mass is 9.60. The lowest BCUT2D eigenvalue weighted by molar-refractivity contribution is -0.929. The normalized spacial score (nSPS) is 14.5. The smallest absolute Gasteiger partial charge is 0.0786 e. The van der Waals surface area contributed by atoms with Gasteiger partial charge < -0.3 is 23.7 Å². The molecular weight excluding hydrogens is 902 g/mol. The van der Waals surface area contributed by atoms with E-state index in [0.717, 1.165) is 33.4 Å². The fraction of sp³-hybridized carbons (Fsp3) is 0.695. The Kier molecular flexibility index (Phi) is 30.5. The van der Waals surface area contributed by atoms with Gasteiger partial charge in [0.15, 0.2) is 0 Å². The molecule has 1 aliphatic rings. The van der Waals surface area contributed by atoms with Gasteiger partial charge in [0.1, 0.15) is 0 Å². The van der Waals surface area contributed by atoms with Crippen molar-refractivity contribution in [3.05, 3.63) is 103 Å². The van der Waals surface area contributed by atoms with E-state index in [4.69, 9.17) is 39.5 Å². The van der Waals surface area contributed by atoms with Crippen LogP contribution in [0.3, 0.4) is 0 Å². The summed E-state index contributed by atoms with van der Waals surface area (Å²) in [6.45, 7) is 35.9. The average molecular weight is 1000 g/mol. The third kappa shape index (κ3) is 19.8. The zero-order chi connectivity index (χ0) is 50.6. The van der Waals surface area contributed by atoms with Crippen LogP contribution in [0.1, 0.15) is 217 Å². The van der Waals surface area contributed by atoms with Crippen LogP contribution in [-0.2, 0) is 15.7 Å². The highest BCUT2D eigenvalue weighted by atomic mass is 35.5. The molecule has 5 nitrogen and oxygen atoms in total. The molecule has 68 heavy (non-hydrogen) atoms. The number of quaternary nitrogens is 2. The van der Waals surface area contributed by atoms with Crippen molar-refractivity contribution < 1.29 is 23.7 Å². The predicted molar refractivity (Wildman–Crippen MR) is 295 cm³/mol. The molecule has 0 unspecified atom stereocenters. The van der Waals surface area contributed by atoms with Crippen LogP contribution in [0, 0.1) is 20.8 Å². The Morgan fingerprint density at radius 2 is 0.676 bits per heavy atom. The first kappa shape index (κ1) is 62.5. The van der Waals surface area contributed by atoms with Crippen molar-refractivity contribution in [1.29, 1.82) is 0 Å². The summed E-state index contributed by atoms with van der Waals surface area (Å²) in [5.74, 6) is 0. The molecule has 0 heterocycles. The number of hydrogen-bond acceptors (Lipinski definition) is 3. The summed E-state index contributed by atoms with van der Waals surface area (Å²) in [6, 6.07) is 17.9. The molecule has 1 fully saturated rings. The van der Waals surface area contributed by atoms with E-state index in [1.165, 1.54) is 164 Å². The first-order valence-electron chi connectivity index (χ1n) is 27.5. The molecule has 9 heteroatoms. The van der Waals surface area contributed by atoms with Gasteiger partial charge in [0.25, 0.3) is 0 Å². The summed E-state index contributed by atoms with van der Waals surface area (Å²) in [5, 5.41) is 25.5. The van der Waals surface area contributed by atoms with Gasteiger partial charge in [0.2, 0.25) is 0 Å². The van der Waals surface area contributed by atoms with E-state index in [1.807, 2.05) is 63.2 Å². The quantitative estimate of drug-likeness (QED) is 0.0514. The summed E-state index contributed by atoms with van der Waals surface area (Å²) < 4.78 is 8.43. The Labute approximate surface area is 434 Å². The molecule has 0 saturated heterocycles. The fourth-order valence-corrected chi connectivity index (χ4v) is 11.0. The number of hydrogen-bond donors (Lipinski definition) is 0. The number of aryl methyl sites for hydroxylation is 3. The Hall–Kier alpha value is -1.61. The highest BCUT2D eigenvalue weighted by molar-refractivity contribution is 6.32. The van der Waals surface area contributed by atoms with Gasteiger partial charge in [-0.3, -0.25) is 0 Å². The maximum absolute atomic E-state index is 11.7. The first-order valence-corrected chi connectivity index (χ1v) is 28.7. The van der Waals surface area contributed by atoms with E-state index in [0.29, 0.717) is 40.8 Å². The minimum Gasteiger partial charge on any atom is -0.871 e. The summed E-state index contributed by atoms with van der Waals surface area (Å²) in [4.78, 5) is 0. The number of unbranched alkanes of at least 4 members (excludes halogenated alkanes) is 8. The standard InChI is InChI=1S/C27H26BCl3O3.2C16H36N/c1-17-4-7-20(14-23(17)29)26(21-8-5-18(2)24(30)15-21)10-12-27(13-11-26,34-28(32)33)22-9-6-19(3)25(31)16-22;2*1-5-9-13-17(14-10-6-2,15-11-7-3)16-12-8-4/h4-9,14-16H,10-13H2,1-3H3;2*5-16H2,1-4H3/q-2;2*+1. The first-order chi connectivity index (χ1) is 32.5. The average Bonchev–Trinajstić information content (AvgIpc) is 3.33. The van der Waals surface area contributed by atoms with Crippen molar-refractivity contribution >= 4 is 42.1 Å². The molecule has 0 N–H and O–H groups in total. The van der Waals surface area contributed by atoms with Crippen molar-refractivity contribution in [2.24, 2.45) is 0 Å². The number of benzene rings is 3. The molecule has 0 spiro atoms. The van der Waals surface area contributed by atoms with E-state index in [1.54, 1.807) is 0 Å². The van der Waals surface area contributed by atoms with Crippen LogP contribution in [0.2, 0.25) is 15.1 Å². The molecule has 1 aliphatic carbocycles. The number of rotatable bonds is 29. The van der Waals surface area contributed by atoms with Crippen molar-refractivity contribution in [2.45, 2.75) is 216 Å². The van der Waals surface area contributed by atoms with Crippen LogP contribution in [0.15, 0.2) is 54.6 Å². The Morgan fingerprint density at radius 3 is 0.912 bits per heavy atom. The van der Waals surface area contributed by atoms with Gasteiger partial charge in [-0.1, -0.05) is 178 Å². The maximum Gasteiger partial charge on any atom is 0.0786 e. The van der Waals surface area contributed by atoms with E-state index < -0.39 is 18.3 Å². The van der Waals surface area contributed by atoms with Crippen LogP contribution in [0.4, 0.5) is 0 Å². The second kappa shape index (κ2) is 33.2. The molecule has 0 atom stereocenters. The topological polar surface area (TPSA) is 55.3 Å². The summed E-state index contributed by atoms with van der Waals surface area (Å²) in [6.07, 6.45) is 24.4. The van der Waals surface area contributed by atoms with Gasteiger partial charge in [0, 0.05) is 20.5 Å². The molecule has 0 radical (unpaired) electrons.